The van der Waals surface area contributed by atoms with E-state index < -0.39 is 29.6 Å². The fourth-order valence-electron chi connectivity index (χ4n) is 2.43. The summed E-state index contributed by atoms with van der Waals surface area (Å²) < 4.78 is 0. The summed E-state index contributed by atoms with van der Waals surface area (Å²) in [5, 5.41) is 11.5. The molecule has 0 aromatic heterocycles. The van der Waals surface area contributed by atoms with Crippen LogP contribution in [0.5, 0.6) is 0 Å². The zero-order chi connectivity index (χ0) is 21.1. The van der Waals surface area contributed by atoms with E-state index in [0.29, 0.717) is 28.0 Å². The topological polar surface area (TPSA) is 104 Å². The highest BCUT2D eigenvalue weighted by atomic mass is 35.5. The van der Waals surface area contributed by atoms with Crippen LogP contribution in [0.4, 0.5) is 10.5 Å². The van der Waals surface area contributed by atoms with Crippen LogP contribution in [-0.4, -0.2) is 39.6 Å². The van der Waals surface area contributed by atoms with Gasteiger partial charge in [-0.3, -0.25) is 19.3 Å². The standard InChI is InChI=1S/C19H12Cl2N2O5S/c20-13-6-5-12(8-14(13)21)22-16(24)9-23-17(25)15(29-19(23)28)7-10-1-3-11(4-2-10)18(26)27/h1-8H,9H2,(H,22,24)(H,26,27). The largest absolute Gasteiger partial charge is 0.478 e. The van der Waals surface area contributed by atoms with Gasteiger partial charge in [-0.2, -0.15) is 0 Å². The fourth-order valence-corrected chi connectivity index (χ4v) is 3.56. The van der Waals surface area contributed by atoms with Gasteiger partial charge in [-0.25, -0.2) is 4.79 Å². The molecule has 0 saturated carbocycles. The lowest BCUT2D eigenvalue weighted by molar-refractivity contribution is -0.127. The normalized spacial score (nSPS) is 15.1. The molecular weight excluding hydrogens is 439 g/mol. The molecule has 2 N–H and O–H groups in total. The van der Waals surface area contributed by atoms with Gasteiger partial charge in [0.25, 0.3) is 11.1 Å². The molecular formula is C19H12Cl2N2O5S. The molecule has 2 aromatic carbocycles. The van der Waals surface area contributed by atoms with Gasteiger partial charge in [0.2, 0.25) is 5.91 Å². The van der Waals surface area contributed by atoms with Crippen LogP contribution in [0.25, 0.3) is 6.08 Å². The molecule has 0 atom stereocenters. The number of imide groups is 1. The van der Waals surface area contributed by atoms with E-state index in [0.717, 1.165) is 4.90 Å². The molecule has 7 nitrogen and oxygen atoms in total. The van der Waals surface area contributed by atoms with Crippen LogP contribution in [0.1, 0.15) is 15.9 Å². The van der Waals surface area contributed by atoms with Gasteiger partial charge in [0.15, 0.2) is 0 Å². The second kappa shape index (κ2) is 8.69. The molecule has 1 aliphatic heterocycles. The van der Waals surface area contributed by atoms with Crippen molar-refractivity contribution in [3.63, 3.8) is 0 Å². The number of nitrogens with zero attached hydrogens (tertiary/aromatic N) is 1. The molecule has 148 valence electrons. The zero-order valence-corrected chi connectivity index (χ0v) is 16.8. The Morgan fingerprint density at radius 3 is 2.38 bits per heavy atom. The number of thioether (sulfide) groups is 1. The van der Waals surface area contributed by atoms with E-state index in [1.54, 1.807) is 6.07 Å². The minimum Gasteiger partial charge on any atom is -0.478 e. The number of amides is 3. The minimum atomic E-state index is -1.06. The lowest BCUT2D eigenvalue weighted by Gasteiger charge is -2.12. The van der Waals surface area contributed by atoms with E-state index in [1.807, 2.05) is 0 Å². The molecule has 0 unspecified atom stereocenters. The number of anilines is 1. The molecule has 1 heterocycles. The van der Waals surface area contributed by atoms with Gasteiger partial charge in [-0.05, 0) is 53.7 Å². The number of carboxylic acids is 1. The summed E-state index contributed by atoms with van der Waals surface area (Å²) in [6.45, 7) is -0.458. The number of carboxylic acid groups (broad SMARTS) is 1. The number of hydrogen-bond acceptors (Lipinski definition) is 5. The molecule has 0 aliphatic carbocycles. The summed E-state index contributed by atoms with van der Waals surface area (Å²) >= 11 is 12.4. The molecule has 3 rings (SSSR count). The molecule has 29 heavy (non-hydrogen) atoms. The molecule has 0 bridgehead atoms. The maximum absolute atomic E-state index is 12.5. The number of halogens is 2. The second-order valence-corrected chi connectivity index (χ2v) is 7.68. The zero-order valence-electron chi connectivity index (χ0n) is 14.5. The molecule has 1 saturated heterocycles. The maximum atomic E-state index is 12.5. The number of rotatable bonds is 5. The highest BCUT2D eigenvalue weighted by molar-refractivity contribution is 8.18. The van der Waals surface area contributed by atoms with E-state index in [9.17, 15) is 19.2 Å². The summed E-state index contributed by atoms with van der Waals surface area (Å²) in [6.07, 6.45) is 1.47. The third kappa shape index (κ3) is 4.97. The van der Waals surface area contributed by atoms with Gasteiger partial charge in [0.05, 0.1) is 20.5 Å². The molecule has 0 spiro atoms. The first-order valence-corrected chi connectivity index (χ1v) is 9.65. The van der Waals surface area contributed by atoms with E-state index in [4.69, 9.17) is 28.3 Å². The van der Waals surface area contributed by atoms with Crippen molar-refractivity contribution in [1.82, 2.24) is 4.90 Å². The highest BCUT2D eigenvalue weighted by Crippen LogP contribution is 2.32. The maximum Gasteiger partial charge on any atom is 0.335 e. The molecule has 0 radical (unpaired) electrons. The average molecular weight is 451 g/mol. The summed E-state index contributed by atoms with van der Waals surface area (Å²) in [6, 6.07) is 10.3. The Labute approximate surface area is 179 Å². The third-order valence-corrected chi connectivity index (χ3v) is 5.48. The van der Waals surface area contributed by atoms with Crippen LogP contribution >= 0.6 is 35.0 Å². The first-order valence-electron chi connectivity index (χ1n) is 8.08. The molecule has 3 amide bonds. The Hall–Kier alpha value is -2.81. The van der Waals surface area contributed by atoms with Gasteiger partial charge in [0, 0.05) is 5.69 Å². The van der Waals surface area contributed by atoms with Gasteiger partial charge in [0.1, 0.15) is 6.54 Å². The molecule has 1 fully saturated rings. The summed E-state index contributed by atoms with van der Waals surface area (Å²) in [5.74, 6) is -2.24. The first kappa shape index (κ1) is 20.9. The Morgan fingerprint density at radius 2 is 1.76 bits per heavy atom. The van der Waals surface area contributed by atoms with Crippen LogP contribution in [0, 0.1) is 0 Å². The van der Waals surface area contributed by atoms with Gasteiger partial charge in [-0.15, -0.1) is 0 Å². The van der Waals surface area contributed by atoms with Crippen molar-refractivity contribution in [3.8, 4) is 0 Å². The van der Waals surface area contributed by atoms with Crippen molar-refractivity contribution in [2.45, 2.75) is 0 Å². The van der Waals surface area contributed by atoms with E-state index in [2.05, 4.69) is 5.32 Å². The summed E-state index contributed by atoms with van der Waals surface area (Å²) in [7, 11) is 0. The predicted octanol–water partition coefficient (Wildman–Crippen LogP) is 4.37. The molecule has 1 aliphatic rings. The van der Waals surface area contributed by atoms with Crippen LogP contribution in [0.3, 0.4) is 0 Å². The van der Waals surface area contributed by atoms with Crippen molar-refractivity contribution >= 4 is 69.8 Å². The van der Waals surface area contributed by atoms with Gasteiger partial charge in [-0.1, -0.05) is 35.3 Å². The van der Waals surface area contributed by atoms with Crippen LogP contribution in [0.2, 0.25) is 10.0 Å². The van der Waals surface area contributed by atoms with Crippen molar-refractivity contribution < 1.29 is 24.3 Å². The molecule has 2 aromatic rings. The number of aromatic carboxylic acids is 1. The fraction of sp³-hybridized carbons (Fsp3) is 0.0526. The predicted molar refractivity (Wildman–Crippen MR) is 111 cm³/mol. The average Bonchev–Trinajstić information content (AvgIpc) is 2.92. The van der Waals surface area contributed by atoms with Crippen LogP contribution in [-0.2, 0) is 9.59 Å². The first-order chi connectivity index (χ1) is 13.7. The van der Waals surface area contributed by atoms with Gasteiger partial charge >= 0.3 is 5.97 Å². The Kier molecular flexibility index (Phi) is 6.26. The number of nitrogens with one attached hydrogen (secondary N) is 1. The Bertz CT molecular complexity index is 1050. The number of benzene rings is 2. The van der Waals surface area contributed by atoms with Gasteiger partial charge < -0.3 is 10.4 Å². The lowest BCUT2D eigenvalue weighted by atomic mass is 10.1. The minimum absolute atomic E-state index is 0.106. The van der Waals surface area contributed by atoms with Crippen LogP contribution < -0.4 is 5.32 Å². The highest BCUT2D eigenvalue weighted by Gasteiger charge is 2.36. The Balaban J connectivity index is 1.68. The van der Waals surface area contributed by atoms with Crippen LogP contribution in [0.15, 0.2) is 47.4 Å². The van der Waals surface area contributed by atoms with E-state index >= 15 is 0 Å². The second-order valence-electron chi connectivity index (χ2n) is 5.87. The van der Waals surface area contributed by atoms with Crippen molar-refractivity contribution in [3.05, 3.63) is 68.5 Å². The Morgan fingerprint density at radius 1 is 1.07 bits per heavy atom. The SMILES string of the molecule is O=C(CN1C(=O)SC(=Cc2ccc(C(=O)O)cc2)C1=O)Nc1ccc(Cl)c(Cl)c1. The quantitative estimate of drug-likeness (QED) is 0.655. The molecule has 10 heteroatoms. The van der Waals surface area contributed by atoms with E-state index in [-0.39, 0.29) is 15.5 Å². The third-order valence-electron chi connectivity index (χ3n) is 3.83. The smallest absolute Gasteiger partial charge is 0.335 e. The van der Waals surface area contributed by atoms with Crippen molar-refractivity contribution in [2.24, 2.45) is 0 Å². The van der Waals surface area contributed by atoms with Crippen molar-refractivity contribution in [1.29, 1.82) is 0 Å². The monoisotopic (exact) mass is 450 g/mol. The summed E-state index contributed by atoms with van der Waals surface area (Å²) in [5.41, 5.74) is 1.04. The van der Waals surface area contributed by atoms with Crippen molar-refractivity contribution in [2.75, 3.05) is 11.9 Å². The summed E-state index contributed by atoms with van der Waals surface area (Å²) in [4.78, 5) is 48.7. The number of hydrogen-bond donors (Lipinski definition) is 2. The van der Waals surface area contributed by atoms with E-state index in [1.165, 1.54) is 42.5 Å². The number of carbonyl (C=O) groups is 4. The number of carbonyl (C=O) groups excluding carboxylic acids is 3. The lowest BCUT2D eigenvalue weighted by Crippen LogP contribution is -2.36.